The predicted molar refractivity (Wildman–Crippen MR) is 68.2 cm³/mol. The van der Waals surface area contributed by atoms with E-state index in [1.165, 1.54) is 45.6 Å². The van der Waals surface area contributed by atoms with Crippen LogP contribution in [0.5, 0.6) is 0 Å². The second kappa shape index (κ2) is 6.32. The van der Waals surface area contributed by atoms with Crippen LogP contribution in [0.15, 0.2) is 0 Å². The maximum Gasteiger partial charge on any atom is 0.317 e. The Morgan fingerprint density at radius 3 is 2.50 bits per heavy atom. The zero-order valence-corrected chi connectivity index (χ0v) is 11.2. The average Bonchev–Trinajstić information content (AvgIpc) is 2.67. The van der Waals surface area contributed by atoms with Crippen LogP contribution in [0.4, 0.5) is 0 Å². The van der Waals surface area contributed by atoms with Gasteiger partial charge < -0.3 is 4.74 Å². The minimum Gasteiger partial charge on any atom is -0.468 e. The number of piperidine rings is 1. The molecule has 0 N–H and O–H groups in total. The summed E-state index contributed by atoms with van der Waals surface area (Å²) in [6.07, 6.45) is 8.11. The van der Waals surface area contributed by atoms with Crippen LogP contribution >= 0.6 is 0 Å². The third-order valence-electron chi connectivity index (χ3n) is 4.28. The first kappa shape index (κ1) is 13.5. The number of hydrogen-bond acceptors (Lipinski definition) is 4. The molecule has 0 amide bonds. The highest BCUT2D eigenvalue weighted by Gasteiger charge is 2.36. The Bertz CT molecular complexity index is 300. The van der Waals surface area contributed by atoms with Gasteiger partial charge in [-0.1, -0.05) is 25.7 Å². The van der Waals surface area contributed by atoms with E-state index < -0.39 is 5.92 Å². The highest BCUT2D eigenvalue weighted by atomic mass is 16.5. The van der Waals surface area contributed by atoms with E-state index in [0.29, 0.717) is 19.0 Å². The van der Waals surface area contributed by atoms with Crippen LogP contribution in [0.25, 0.3) is 0 Å². The minimum absolute atomic E-state index is 0.0479. The fourth-order valence-electron chi connectivity index (χ4n) is 3.16. The van der Waals surface area contributed by atoms with Crippen LogP contribution in [0.1, 0.15) is 44.9 Å². The lowest BCUT2D eigenvalue weighted by atomic mass is 9.93. The number of carbonyl (C=O) groups excluding carboxylic acids is 2. The molecule has 1 aliphatic heterocycles. The largest absolute Gasteiger partial charge is 0.468 e. The second-order valence-corrected chi connectivity index (χ2v) is 5.43. The Kier molecular flexibility index (Phi) is 4.75. The molecule has 1 saturated carbocycles. The van der Waals surface area contributed by atoms with E-state index in [1.807, 2.05) is 0 Å². The number of hydrogen-bond donors (Lipinski definition) is 0. The van der Waals surface area contributed by atoms with Crippen LogP contribution in [0.2, 0.25) is 0 Å². The van der Waals surface area contributed by atoms with Gasteiger partial charge in [-0.2, -0.15) is 0 Å². The third kappa shape index (κ3) is 3.10. The predicted octanol–water partition coefficient (Wildman–Crippen LogP) is 1.77. The van der Waals surface area contributed by atoms with Crippen molar-refractivity contribution in [2.24, 2.45) is 5.92 Å². The van der Waals surface area contributed by atoms with E-state index in [9.17, 15) is 9.59 Å². The topological polar surface area (TPSA) is 46.6 Å². The maximum atomic E-state index is 11.8. The van der Waals surface area contributed by atoms with E-state index in [1.54, 1.807) is 0 Å². The van der Waals surface area contributed by atoms with Crippen LogP contribution in [-0.2, 0) is 14.3 Å². The van der Waals surface area contributed by atoms with Gasteiger partial charge >= 0.3 is 5.97 Å². The standard InChI is InChI=1S/C14H23NO3/c1-18-14(17)12-10-15(9-8-13(12)16)11-6-4-2-3-5-7-11/h11-12H,2-10H2,1H3. The summed E-state index contributed by atoms with van der Waals surface area (Å²) in [5.41, 5.74) is 0. The highest BCUT2D eigenvalue weighted by Crippen LogP contribution is 2.25. The number of nitrogens with zero attached hydrogens (tertiary/aromatic N) is 1. The number of Topliss-reactive ketones (excluding diaryl/α,β-unsaturated/α-hetero) is 1. The van der Waals surface area contributed by atoms with Gasteiger partial charge in [0.25, 0.3) is 0 Å². The Labute approximate surface area is 109 Å². The molecule has 0 aromatic heterocycles. The quantitative estimate of drug-likeness (QED) is 0.427. The van der Waals surface area contributed by atoms with Crippen molar-refractivity contribution in [1.29, 1.82) is 0 Å². The molecule has 4 heteroatoms. The van der Waals surface area contributed by atoms with Crippen LogP contribution in [0.3, 0.4) is 0 Å². The van der Waals surface area contributed by atoms with Crippen LogP contribution in [0, 0.1) is 5.92 Å². The molecule has 2 rings (SSSR count). The number of esters is 1. The summed E-state index contributed by atoms with van der Waals surface area (Å²) in [5.74, 6) is -0.864. The van der Waals surface area contributed by atoms with Gasteiger partial charge in [0, 0.05) is 25.6 Å². The van der Waals surface area contributed by atoms with Crippen LogP contribution in [-0.4, -0.2) is 42.9 Å². The highest BCUT2D eigenvalue weighted by molar-refractivity contribution is 5.99. The number of carbonyl (C=O) groups is 2. The minimum atomic E-state index is -0.549. The number of ketones is 1. The van der Waals surface area contributed by atoms with Crippen molar-refractivity contribution < 1.29 is 14.3 Å². The molecule has 2 fully saturated rings. The zero-order valence-electron chi connectivity index (χ0n) is 11.2. The van der Waals surface area contributed by atoms with Crippen LogP contribution < -0.4 is 0 Å². The van der Waals surface area contributed by atoms with Gasteiger partial charge in [0.05, 0.1) is 7.11 Å². The van der Waals surface area contributed by atoms with E-state index in [2.05, 4.69) is 4.90 Å². The molecule has 1 heterocycles. The summed E-state index contributed by atoms with van der Waals surface area (Å²) in [7, 11) is 1.36. The van der Waals surface area contributed by atoms with Gasteiger partial charge in [0.1, 0.15) is 11.7 Å². The maximum absolute atomic E-state index is 11.8. The summed E-state index contributed by atoms with van der Waals surface area (Å²) in [6, 6.07) is 0.563. The zero-order chi connectivity index (χ0) is 13.0. The van der Waals surface area contributed by atoms with Crippen molar-refractivity contribution in [2.45, 2.75) is 51.0 Å². The molecule has 0 aromatic rings. The Morgan fingerprint density at radius 1 is 1.22 bits per heavy atom. The number of methoxy groups -OCH3 is 1. The fraction of sp³-hybridized carbons (Fsp3) is 0.857. The van der Waals surface area contributed by atoms with E-state index >= 15 is 0 Å². The molecule has 1 unspecified atom stereocenters. The molecule has 4 nitrogen and oxygen atoms in total. The Hall–Kier alpha value is -0.900. The third-order valence-corrected chi connectivity index (χ3v) is 4.28. The number of likely N-dealkylation sites (tertiary alicyclic amines) is 1. The van der Waals surface area contributed by atoms with Gasteiger partial charge in [-0.05, 0) is 12.8 Å². The lowest BCUT2D eigenvalue weighted by Crippen LogP contribution is -2.48. The molecule has 2 aliphatic rings. The Morgan fingerprint density at radius 2 is 1.89 bits per heavy atom. The lowest BCUT2D eigenvalue weighted by molar-refractivity contribution is -0.152. The number of ether oxygens (including phenoxy) is 1. The van der Waals surface area contributed by atoms with Gasteiger partial charge in [-0.3, -0.25) is 14.5 Å². The first-order valence-corrected chi connectivity index (χ1v) is 7.07. The van der Waals surface area contributed by atoms with Gasteiger partial charge in [0.15, 0.2) is 0 Å². The number of rotatable bonds is 2. The lowest BCUT2D eigenvalue weighted by Gasteiger charge is -2.36. The molecule has 0 radical (unpaired) electrons. The molecule has 1 atom stereocenters. The molecule has 102 valence electrons. The van der Waals surface area contributed by atoms with Gasteiger partial charge in [0.2, 0.25) is 0 Å². The average molecular weight is 253 g/mol. The molecule has 1 saturated heterocycles. The van der Waals surface area contributed by atoms with Crippen molar-refractivity contribution in [3.8, 4) is 0 Å². The molecular formula is C14H23NO3. The summed E-state index contributed by atoms with van der Waals surface area (Å²) in [5, 5.41) is 0. The van der Waals surface area contributed by atoms with Crippen molar-refractivity contribution in [3.63, 3.8) is 0 Å². The molecule has 0 spiro atoms. The molecule has 0 bridgehead atoms. The molecular weight excluding hydrogens is 230 g/mol. The van der Waals surface area contributed by atoms with Gasteiger partial charge in [-0.25, -0.2) is 0 Å². The first-order valence-electron chi connectivity index (χ1n) is 7.07. The summed E-state index contributed by atoms with van der Waals surface area (Å²) in [6.45, 7) is 1.38. The second-order valence-electron chi connectivity index (χ2n) is 5.43. The monoisotopic (exact) mass is 253 g/mol. The van der Waals surface area contributed by atoms with Crippen molar-refractivity contribution in [1.82, 2.24) is 4.90 Å². The van der Waals surface area contributed by atoms with Gasteiger partial charge in [-0.15, -0.1) is 0 Å². The summed E-state index contributed by atoms with van der Waals surface area (Å²) in [4.78, 5) is 25.7. The van der Waals surface area contributed by atoms with Crippen molar-refractivity contribution in [2.75, 3.05) is 20.2 Å². The fourth-order valence-corrected chi connectivity index (χ4v) is 3.16. The van der Waals surface area contributed by atoms with Crippen molar-refractivity contribution >= 4 is 11.8 Å². The van der Waals surface area contributed by atoms with E-state index in [4.69, 9.17) is 4.74 Å². The SMILES string of the molecule is COC(=O)C1CN(C2CCCCCC2)CCC1=O. The van der Waals surface area contributed by atoms with E-state index in [-0.39, 0.29) is 11.8 Å². The molecule has 18 heavy (non-hydrogen) atoms. The summed E-state index contributed by atoms with van der Waals surface area (Å²) < 4.78 is 4.73. The van der Waals surface area contributed by atoms with E-state index in [0.717, 1.165) is 6.54 Å². The Balaban J connectivity index is 1.97. The summed E-state index contributed by atoms with van der Waals surface area (Å²) >= 11 is 0. The smallest absolute Gasteiger partial charge is 0.317 e. The van der Waals surface area contributed by atoms with Crippen molar-refractivity contribution in [3.05, 3.63) is 0 Å². The molecule has 1 aliphatic carbocycles. The molecule has 0 aromatic carbocycles. The normalized spacial score (nSPS) is 27.8. The first-order chi connectivity index (χ1) is 8.72.